The fraction of sp³-hybridized carbons (Fsp3) is 0.368. The average Bonchev–Trinajstić information content (AvgIpc) is 3.22. The number of phenols is 1. The fourth-order valence-corrected chi connectivity index (χ4v) is 3.28. The van der Waals surface area contributed by atoms with Gasteiger partial charge in [0.25, 0.3) is 0 Å². The first-order valence-corrected chi connectivity index (χ1v) is 9.15. The van der Waals surface area contributed by atoms with Gasteiger partial charge in [-0.15, -0.1) is 35.0 Å². The molecule has 2 aromatic heterocycles. The van der Waals surface area contributed by atoms with E-state index in [1.807, 2.05) is 11.0 Å². The number of hydrogen-bond acceptors (Lipinski definition) is 8. The molecule has 4 rings (SSSR count). The Balaban J connectivity index is 0.00000160. The zero-order valence-electron chi connectivity index (χ0n) is 16.6. The van der Waals surface area contributed by atoms with Gasteiger partial charge in [-0.25, -0.2) is 4.98 Å². The topological polar surface area (TPSA) is 123 Å². The van der Waals surface area contributed by atoms with Gasteiger partial charge in [-0.2, -0.15) is 5.10 Å². The summed E-state index contributed by atoms with van der Waals surface area (Å²) < 4.78 is 0. The molecule has 0 saturated carbocycles. The number of H-pyrrole nitrogens is 1. The standard InChI is InChI=1S/C19H23N7O2.2ClH/c1-19(2,28)17-11-26(6-5-20-17)18-21-10-15(24-25-18)14-4-3-12(7-16(14)27)13-8-22-23-9-13;;/h3-4,7-10,17,20,27-28H,5-6,11H2,1-2H3,(H,22,23);2*1H. The summed E-state index contributed by atoms with van der Waals surface area (Å²) in [6.45, 7) is 5.63. The summed E-state index contributed by atoms with van der Waals surface area (Å²) in [5.41, 5.74) is 1.96. The maximum absolute atomic E-state index is 10.4. The molecule has 0 aliphatic carbocycles. The molecule has 4 N–H and O–H groups in total. The Hall–Kier alpha value is -2.46. The van der Waals surface area contributed by atoms with E-state index in [-0.39, 0.29) is 36.6 Å². The van der Waals surface area contributed by atoms with E-state index in [0.717, 1.165) is 24.2 Å². The Kier molecular flexibility index (Phi) is 7.59. The number of nitrogens with zero attached hydrogens (tertiary/aromatic N) is 5. The van der Waals surface area contributed by atoms with Gasteiger partial charge in [0.2, 0.25) is 5.95 Å². The lowest BCUT2D eigenvalue weighted by Gasteiger charge is -2.39. The van der Waals surface area contributed by atoms with Crippen molar-refractivity contribution >= 4 is 30.8 Å². The number of aromatic hydroxyl groups is 1. The van der Waals surface area contributed by atoms with Gasteiger partial charge in [-0.3, -0.25) is 5.10 Å². The molecule has 1 aromatic carbocycles. The van der Waals surface area contributed by atoms with Crippen molar-refractivity contribution in [1.82, 2.24) is 30.7 Å². The first-order chi connectivity index (χ1) is 13.4. The Morgan fingerprint density at radius 1 is 1.13 bits per heavy atom. The molecule has 162 valence electrons. The smallest absolute Gasteiger partial charge is 0.245 e. The summed E-state index contributed by atoms with van der Waals surface area (Å²) in [6.07, 6.45) is 5.06. The van der Waals surface area contributed by atoms with Gasteiger partial charge in [-0.05, 0) is 31.5 Å². The molecule has 0 amide bonds. The van der Waals surface area contributed by atoms with Crippen LogP contribution in [0.1, 0.15) is 13.8 Å². The summed E-state index contributed by atoms with van der Waals surface area (Å²) in [7, 11) is 0. The lowest BCUT2D eigenvalue weighted by Crippen LogP contribution is -2.59. The number of aromatic nitrogens is 5. The molecule has 1 aliphatic rings. The van der Waals surface area contributed by atoms with E-state index in [1.165, 1.54) is 0 Å². The Morgan fingerprint density at radius 2 is 1.93 bits per heavy atom. The van der Waals surface area contributed by atoms with Crippen molar-refractivity contribution in [2.75, 3.05) is 24.5 Å². The molecular weight excluding hydrogens is 429 g/mol. The van der Waals surface area contributed by atoms with Crippen LogP contribution in [-0.4, -0.2) is 66.9 Å². The molecule has 1 saturated heterocycles. The van der Waals surface area contributed by atoms with Crippen LogP contribution in [0.3, 0.4) is 0 Å². The minimum atomic E-state index is -0.839. The lowest BCUT2D eigenvalue weighted by molar-refractivity contribution is 0.0362. The third-order valence-electron chi connectivity index (χ3n) is 4.97. The largest absolute Gasteiger partial charge is 0.507 e. The zero-order valence-corrected chi connectivity index (χ0v) is 18.2. The van der Waals surface area contributed by atoms with Gasteiger partial charge < -0.3 is 20.4 Å². The van der Waals surface area contributed by atoms with Crippen LogP contribution in [0.25, 0.3) is 22.4 Å². The van der Waals surface area contributed by atoms with Crippen molar-refractivity contribution in [3.63, 3.8) is 0 Å². The predicted octanol–water partition coefficient (Wildman–Crippen LogP) is 2.03. The lowest BCUT2D eigenvalue weighted by atomic mass is 9.97. The highest BCUT2D eigenvalue weighted by Crippen LogP contribution is 2.32. The number of aromatic amines is 1. The SMILES string of the molecule is CC(C)(O)C1CN(c2ncc(-c3ccc(-c4cn[nH]c4)cc3O)nn2)CCN1.Cl.Cl. The summed E-state index contributed by atoms with van der Waals surface area (Å²) in [4.78, 5) is 6.42. The number of halogens is 2. The molecule has 30 heavy (non-hydrogen) atoms. The molecule has 0 bridgehead atoms. The van der Waals surface area contributed by atoms with Crippen molar-refractivity contribution in [3.05, 3.63) is 36.8 Å². The van der Waals surface area contributed by atoms with Crippen LogP contribution >= 0.6 is 24.8 Å². The van der Waals surface area contributed by atoms with Crippen LogP contribution in [0, 0.1) is 0 Å². The number of phenolic OH excluding ortho intramolecular Hbond substituents is 1. The van der Waals surface area contributed by atoms with E-state index in [0.29, 0.717) is 23.8 Å². The summed E-state index contributed by atoms with van der Waals surface area (Å²) in [6, 6.07) is 5.27. The monoisotopic (exact) mass is 453 g/mol. The van der Waals surface area contributed by atoms with Crippen molar-refractivity contribution in [2.24, 2.45) is 0 Å². The Morgan fingerprint density at radius 3 is 2.53 bits per heavy atom. The number of aliphatic hydroxyl groups is 1. The number of hydrogen-bond donors (Lipinski definition) is 4. The molecule has 11 heteroatoms. The van der Waals surface area contributed by atoms with Crippen LogP contribution in [0.5, 0.6) is 5.75 Å². The second-order valence-electron chi connectivity index (χ2n) is 7.47. The van der Waals surface area contributed by atoms with Crippen LogP contribution in [0.15, 0.2) is 36.8 Å². The third-order valence-corrected chi connectivity index (χ3v) is 4.97. The van der Waals surface area contributed by atoms with Crippen molar-refractivity contribution in [1.29, 1.82) is 0 Å². The van der Waals surface area contributed by atoms with E-state index in [9.17, 15) is 10.2 Å². The average molecular weight is 454 g/mol. The molecule has 1 unspecified atom stereocenters. The van der Waals surface area contributed by atoms with Crippen LogP contribution in [0.2, 0.25) is 0 Å². The van der Waals surface area contributed by atoms with Gasteiger partial charge in [0.05, 0.1) is 24.0 Å². The van der Waals surface area contributed by atoms with Crippen LogP contribution < -0.4 is 10.2 Å². The number of nitrogens with one attached hydrogen (secondary N) is 2. The molecule has 1 fully saturated rings. The fourth-order valence-electron chi connectivity index (χ4n) is 3.28. The highest BCUT2D eigenvalue weighted by atomic mass is 35.5. The molecule has 1 aliphatic heterocycles. The first-order valence-electron chi connectivity index (χ1n) is 9.15. The maximum Gasteiger partial charge on any atom is 0.245 e. The molecule has 3 aromatic rings. The second-order valence-corrected chi connectivity index (χ2v) is 7.47. The number of piperazine rings is 1. The zero-order chi connectivity index (χ0) is 19.7. The molecule has 9 nitrogen and oxygen atoms in total. The van der Waals surface area contributed by atoms with Gasteiger partial charge >= 0.3 is 0 Å². The molecule has 3 heterocycles. The van der Waals surface area contributed by atoms with Gasteiger partial charge in [0, 0.05) is 37.0 Å². The second kappa shape index (κ2) is 9.57. The normalized spacial score (nSPS) is 16.5. The molecule has 0 spiro atoms. The van der Waals surface area contributed by atoms with Gasteiger partial charge in [0.15, 0.2) is 0 Å². The highest BCUT2D eigenvalue weighted by molar-refractivity contribution is 5.85. The first kappa shape index (κ1) is 23.8. The molecule has 0 radical (unpaired) electrons. The van der Waals surface area contributed by atoms with E-state index in [2.05, 4.69) is 30.7 Å². The van der Waals surface area contributed by atoms with Crippen molar-refractivity contribution in [2.45, 2.75) is 25.5 Å². The Bertz CT molecular complexity index is 947. The summed E-state index contributed by atoms with van der Waals surface area (Å²) >= 11 is 0. The van der Waals surface area contributed by atoms with E-state index in [4.69, 9.17) is 0 Å². The number of anilines is 1. The maximum atomic E-state index is 10.4. The van der Waals surface area contributed by atoms with Gasteiger partial charge in [-0.1, -0.05) is 6.07 Å². The number of rotatable bonds is 4. The van der Waals surface area contributed by atoms with E-state index < -0.39 is 5.60 Å². The molecule has 1 atom stereocenters. The minimum absolute atomic E-state index is 0. The predicted molar refractivity (Wildman–Crippen MR) is 119 cm³/mol. The highest BCUT2D eigenvalue weighted by Gasteiger charge is 2.32. The van der Waals surface area contributed by atoms with Crippen LogP contribution in [0.4, 0.5) is 5.95 Å². The van der Waals surface area contributed by atoms with Crippen molar-refractivity contribution < 1.29 is 10.2 Å². The third kappa shape index (κ3) is 4.99. The Labute approximate surface area is 186 Å². The van der Waals surface area contributed by atoms with Gasteiger partial charge in [0.1, 0.15) is 11.4 Å². The summed E-state index contributed by atoms with van der Waals surface area (Å²) in [5, 5.41) is 39.1. The number of benzene rings is 1. The van der Waals surface area contributed by atoms with E-state index >= 15 is 0 Å². The minimum Gasteiger partial charge on any atom is -0.507 e. The van der Waals surface area contributed by atoms with E-state index in [1.54, 1.807) is 44.6 Å². The van der Waals surface area contributed by atoms with Crippen LogP contribution in [-0.2, 0) is 0 Å². The van der Waals surface area contributed by atoms with Crippen molar-refractivity contribution in [3.8, 4) is 28.1 Å². The quantitative estimate of drug-likeness (QED) is 0.472. The molecular formula is C19H25Cl2N7O2. The summed E-state index contributed by atoms with van der Waals surface area (Å²) in [5.74, 6) is 0.612.